The lowest BCUT2D eigenvalue weighted by atomic mass is 10.3. The molecule has 0 bridgehead atoms. The molecule has 5 rings (SSSR count). The third kappa shape index (κ3) is 3.58. The maximum absolute atomic E-state index is 12.9. The van der Waals surface area contributed by atoms with Gasteiger partial charge in [-0.3, -0.25) is 9.78 Å². The number of carbonyl (C=O) groups is 1. The molecule has 30 heavy (non-hydrogen) atoms. The molecule has 2 N–H and O–H groups in total. The van der Waals surface area contributed by atoms with E-state index in [1.54, 1.807) is 41.6 Å². The molecule has 0 unspecified atom stereocenters. The molecule has 0 saturated carbocycles. The molecule has 0 spiro atoms. The summed E-state index contributed by atoms with van der Waals surface area (Å²) < 4.78 is 29.2. The van der Waals surface area contributed by atoms with Crippen LogP contribution >= 0.6 is 22.9 Å². The summed E-state index contributed by atoms with van der Waals surface area (Å²) >= 11 is 7.13. The van der Waals surface area contributed by atoms with Gasteiger partial charge in [0.05, 0.1) is 18.3 Å². The van der Waals surface area contributed by atoms with Crippen LogP contribution in [0.15, 0.2) is 53.0 Å². The molecule has 1 amide bonds. The van der Waals surface area contributed by atoms with Crippen LogP contribution in [0.5, 0.6) is 0 Å². The van der Waals surface area contributed by atoms with E-state index in [9.17, 15) is 13.2 Å². The SMILES string of the molecule is O=C1[C@@H](NS(=O)(=O)c2cc3ccc(Cl)cc3s2)CCN1Cc1cc2ccncc2[nH]1. The molecule has 1 atom stereocenters. The first-order chi connectivity index (χ1) is 14.4. The number of aromatic amines is 1. The summed E-state index contributed by atoms with van der Waals surface area (Å²) in [7, 11) is -3.81. The van der Waals surface area contributed by atoms with Crippen LogP contribution in [0.1, 0.15) is 12.1 Å². The zero-order valence-corrected chi connectivity index (χ0v) is 18.0. The summed E-state index contributed by atoms with van der Waals surface area (Å²) in [5.41, 5.74) is 1.79. The summed E-state index contributed by atoms with van der Waals surface area (Å²) in [6.07, 6.45) is 3.88. The van der Waals surface area contributed by atoms with Gasteiger partial charge in [-0.25, -0.2) is 8.42 Å². The van der Waals surface area contributed by atoms with E-state index < -0.39 is 16.1 Å². The zero-order valence-electron chi connectivity index (χ0n) is 15.6. The van der Waals surface area contributed by atoms with Crippen molar-refractivity contribution in [1.82, 2.24) is 19.6 Å². The van der Waals surface area contributed by atoms with Gasteiger partial charge in [0, 0.05) is 33.5 Å². The van der Waals surface area contributed by atoms with Crippen molar-refractivity contribution in [2.45, 2.75) is 23.2 Å². The number of halogens is 1. The van der Waals surface area contributed by atoms with Gasteiger partial charge in [-0.2, -0.15) is 4.72 Å². The Hall–Kier alpha value is -2.46. The number of likely N-dealkylation sites (tertiary alicyclic amines) is 1. The van der Waals surface area contributed by atoms with Gasteiger partial charge in [-0.15, -0.1) is 11.3 Å². The molecule has 1 aliphatic rings. The van der Waals surface area contributed by atoms with Crippen LogP contribution in [-0.2, 0) is 21.4 Å². The van der Waals surface area contributed by atoms with E-state index >= 15 is 0 Å². The molecular formula is C20H17ClN4O3S2. The standard InChI is InChI=1S/C20H17ClN4O3S2/c21-14-2-1-13-8-19(29-18(13)9-14)30(27,28)24-16-4-6-25(20(16)26)11-15-7-12-3-5-22-10-17(12)23-15/h1-3,5,7-10,16,23-24H,4,6,11H2/t16-/m0/s1. The van der Waals surface area contributed by atoms with E-state index in [4.69, 9.17) is 11.6 Å². The maximum Gasteiger partial charge on any atom is 0.250 e. The normalized spacial score (nSPS) is 17.4. The second-order valence-corrected chi connectivity index (χ2v) is 10.7. The number of amides is 1. The van der Waals surface area contributed by atoms with Crippen molar-refractivity contribution in [3.05, 3.63) is 59.5 Å². The third-order valence-corrected chi connectivity index (χ3v) is 8.44. The van der Waals surface area contributed by atoms with Crippen LogP contribution in [0, 0.1) is 0 Å². The Bertz CT molecular complexity index is 1350. The number of H-pyrrole nitrogens is 1. The molecule has 3 aromatic heterocycles. The zero-order chi connectivity index (χ0) is 20.9. The first-order valence-corrected chi connectivity index (χ1v) is 12.0. The molecule has 1 aliphatic heterocycles. The molecule has 7 nitrogen and oxygen atoms in total. The predicted molar refractivity (Wildman–Crippen MR) is 117 cm³/mol. The number of nitrogens with zero attached hydrogens (tertiary/aromatic N) is 2. The van der Waals surface area contributed by atoms with Crippen LogP contribution in [0.25, 0.3) is 21.0 Å². The quantitative estimate of drug-likeness (QED) is 0.476. The predicted octanol–water partition coefficient (Wildman–Crippen LogP) is 3.51. The summed E-state index contributed by atoms with van der Waals surface area (Å²) in [6, 6.07) is 9.95. The van der Waals surface area contributed by atoms with Gasteiger partial charge in [-0.05, 0) is 42.1 Å². The lowest BCUT2D eigenvalue weighted by Gasteiger charge is -2.16. The maximum atomic E-state index is 12.9. The van der Waals surface area contributed by atoms with Crippen molar-refractivity contribution in [3.63, 3.8) is 0 Å². The van der Waals surface area contributed by atoms with Crippen LogP contribution in [-0.4, -0.2) is 41.8 Å². The second-order valence-electron chi connectivity index (χ2n) is 7.23. The van der Waals surface area contributed by atoms with Gasteiger partial charge < -0.3 is 9.88 Å². The highest BCUT2D eigenvalue weighted by molar-refractivity contribution is 7.91. The van der Waals surface area contributed by atoms with Gasteiger partial charge in [-0.1, -0.05) is 17.7 Å². The van der Waals surface area contributed by atoms with Crippen LogP contribution in [0.3, 0.4) is 0 Å². The van der Waals surface area contributed by atoms with Gasteiger partial charge in [0.1, 0.15) is 10.3 Å². The molecule has 4 heterocycles. The Morgan fingerprint density at radius 3 is 2.93 bits per heavy atom. The van der Waals surface area contributed by atoms with Crippen LogP contribution in [0.4, 0.5) is 0 Å². The topological polar surface area (TPSA) is 95.2 Å². The summed E-state index contributed by atoms with van der Waals surface area (Å²) in [4.78, 5) is 21.8. The second kappa shape index (κ2) is 7.35. The van der Waals surface area contributed by atoms with E-state index in [-0.39, 0.29) is 10.1 Å². The van der Waals surface area contributed by atoms with Gasteiger partial charge >= 0.3 is 0 Å². The van der Waals surface area contributed by atoms with Gasteiger partial charge in [0.2, 0.25) is 5.91 Å². The van der Waals surface area contributed by atoms with E-state index in [1.165, 1.54) is 0 Å². The van der Waals surface area contributed by atoms with Crippen LogP contribution in [0.2, 0.25) is 5.02 Å². The van der Waals surface area contributed by atoms with Crippen molar-refractivity contribution >= 4 is 59.9 Å². The molecule has 1 fully saturated rings. The fourth-order valence-corrected chi connectivity index (χ4v) is 6.60. The number of benzene rings is 1. The van der Waals surface area contributed by atoms with Crippen molar-refractivity contribution < 1.29 is 13.2 Å². The van der Waals surface area contributed by atoms with Crippen molar-refractivity contribution in [2.24, 2.45) is 0 Å². The highest BCUT2D eigenvalue weighted by Crippen LogP contribution is 2.31. The minimum absolute atomic E-state index is 0.175. The highest BCUT2D eigenvalue weighted by atomic mass is 35.5. The van der Waals surface area contributed by atoms with E-state index in [1.807, 2.05) is 12.1 Å². The third-order valence-electron chi connectivity index (χ3n) is 5.16. The highest BCUT2D eigenvalue weighted by Gasteiger charge is 2.35. The Morgan fingerprint density at radius 1 is 1.23 bits per heavy atom. The van der Waals surface area contributed by atoms with Crippen molar-refractivity contribution in [3.8, 4) is 0 Å². The molecule has 0 radical (unpaired) electrons. The number of nitrogens with one attached hydrogen (secondary N) is 2. The fraction of sp³-hybridized carbons (Fsp3) is 0.200. The molecule has 10 heteroatoms. The Labute approximate surface area is 181 Å². The minimum Gasteiger partial charge on any atom is -0.356 e. The first-order valence-electron chi connectivity index (χ1n) is 9.31. The fourth-order valence-electron chi connectivity index (χ4n) is 3.69. The monoisotopic (exact) mass is 460 g/mol. The van der Waals surface area contributed by atoms with Crippen molar-refractivity contribution in [2.75, 3.05) is 6.54 Å². The van der Waals surface area contributed by atoms with E-state index in [0.717, 1.165) is 38.0 Å². The minimum atomic E-state index is -3.81. The first kappa shape index (κ1) is 19.5. The average Bonchev–Trinajstić information content (AvgIpc) is 3.40. The average molecular weight is 461 g/mol. The number of pyridine rings is 1. The molecule has 0 aliphatic carbocycles. The smallest absolute Gasteiger partial charge is 0.250 e. The Morgan fingerprint density at radius 2 is 2.10 bits per heavy atom. The number of hydrogen-bond donors (Lipinski definition) is 2. The largest absolute Gasteiger partial charge is 0.356 e. The Balaban J connectivity index is 1.31. The van der Waals surface area contributed by atoms with Gasteiger partial charge in [0.25, 0.3) is 10.0 Å². The van der Waals surface area contributed by atoms with Crippen LogP contribution < -0.4 is 4.72 Å². The number of rotatable bonds is 5. The van der Waals surface area contributed by atoms with Crippen molar-refractivity contribution in [1.29, 1.82) is 0 Å². The summed E-state index contributed by atoms with van der Waals surface area (Å²) in [6.45, 7) is 0.884. The molecular weight excluding hydrogens is 444 g/mol. The van der Waals surface area contributed by atoms with Gasteiger partial charge in [0.15, 0.2) is 0 Å². The molecule has 1 aromatic carbocycles. The number of fused-ring (bicyclic) bond motifs is 2. The molecule has 1 saturated heterocycles. The number of aromatic nitrogens is 2. The lowest BCUT2D eigenvalue weighted by molar-refractivity contribution is -0.129. The Kier molecular flexibility index (Phi) is 4.78. The molecule has 4 aromatic rings. The lowest BCUT2D eigenvalue weighted by Crippen LogP contribution is -2.41. The number of carbonyl (C=O) groups excluding carboxylic acids is 1. The number of sulfonamides is 1. The van der Waals surface area contributed by atoms with E-state index in [0.29, 0.717) is 24.5 Å². The summed E-state index contributed by atoms with van der Waals surface area (Å²) in [5.74, 6) is -0.223. The summed E-state index contributed by atoms with van der Waals surface area (Å²) in [5, 5.41) is 2.38. The number of thiophene rings is 1. The number of hydrogen-bond acceptors (Lipinski definition) is 5. The van der Waals surface area contributed by atoms with E-state index in [2.05, 4.69) is 14.7 Å². The molecule has 154 valence electrons.